The number of rotatable bonds is 3. The van der Waals surface area contributed by atoms with Crippen LogP contribution in [0.3, 0.4) is 0 Å². The molecule has 1 heterocycles. The van der Waals surface area contributed by atoms with Crippen molar-refractivity contribution in [1.82, 2.24) is 4.98 Å². The average molecular weight is 229 g/mol. The average Bonchev–Trinajstić information content (AvgIpc) is 2.32. The lowest BCUT2D eigenvalue weighted by molar-refractivity contribution is 0.195. The van der Waals surface area contributed by atoms with E-state index in [-0.39, 0.29) is 0 Å². The molecular formula is C14H15NO2. The predicted octanol–water partition coefficient (Wildman–Crippen LogP) is 3.24. The van der Waals surface area contributed by atoms with E-state index in [4.69, 9.17) is 4.74 Å². The van der Waals surface area contributed by atoms with Crippen LogP contribution in [0.4, 0.5) is 0 Å². The summed E-state index contributed by atoms with van der Waals surface area (Å²) < 4.78 is 5.78. The van der Waals surface area contributed by atoms with Gasteiger partial charge in [0.15, 0.2) is 0 Å². The third-order valence-electron chi connectivity index (χ3n) is 2.55. The van der Waals surface area contributed by atoms with E-state index in [9.17, 15) is 5.11 Å². The fraction of sp³-hybridized carbons (Fsp3) is 0.214. The van der Waals surface area contributed by atoms with Gasteiger partial charge in [-0.05, 0) is 32.0 Å². The smallest absolute Gasteiger partial charge is 0.148 e. The second kappa shape index (κ2) is 4.97. The lowest BCUT2D eigenvalue weighted by Crippen LogP contribution is -1.97. The molecular weight excluding hydrogens is 214 g/mol. The van der Waals surface area contributed by atoms with Crippen LogP contribution in [0.25, 0.3) is 0 Å². The van der Waals surface area contributed by atoms with Crippen molar-refractivity contribution >= 4 is 0 Å². The Balaban J connectivity index is 2.34. The zero-order chi connectivity index (χ0) is 12.3. The number of benzene rings is 1. The van der Waals surface area contributed by atoms with Gasteiger partial charge >= 0.3 is 0 Å². The molecule has 0 spiro atoms. The molecule has 0 aliphatic carbocycles. The van der Waals surface area contributed by atoms with Gasteiger partial charge < -0.3 is 9.84 Å². The summed E-state index contributed by atoms with van der Waals surface area (Å²) >= 11 is 0. The molecule has 1 aromatic carbocycles. The van der Waals surface area contributed by atoms with Crippen LogP contribution in [0.5, 0.6) is 11.5 Å². The van der Waals surface area contributed by atoms with Crippen molar-refractivity contribution in [2.45, 2.75) is 20.0 Å². The highest BCUT2D eigenvalue weighted by Crippen LogP contribution is 2.30. The number of aryl methyl sites for hydroxylation is 1. The van der Waals surface area contributed by atoms with Crippen LogP contribution in [0.1, 0.15) is 24.3 Å². The van der Waals surface area contributed by atoms with Crippen molar-refractivity contribution in [2.75, 3.05) is 0 Å². The molecule has 1 aromatic heterocycles. The molecule has 0 amide bonds. The fourth-order valence-corrected chi connectivity index (χ4v) is 1.61. The SMILES string of the molecule is Cc1ncccc1Oc1ccccc1C(C)O. The van der Waals surface area contributed by atoms with Crippen LogP contribution < -0.4 is 4.74 Å². The molecule has 0 aliphatic rings. The van der Waals surface area contributed by atoms with E-state index in [1.807, 2.05) is 43.3 Å². The van der Waals surface area contributed by atoms with E-state index in [2.05, 4.69) is 4.98 Å². The molecule has 2 rings (SSSR count). The Kier molecular flexibility index (Phi) is 3.40. The molecule has 3 nitrogen and oxygen atoms in total. The van der Waals surface area contributed by atoms with Gasteiger partial charge in [0.1, 0.15) is 11.5 Å². The molecule has 0 radical (unpaired) electrons. The Bertz CT molecular complexity index is 509. The van der Waals surface area contributed by atoms with E-state index in [1.165, 1.54) is 0 Å². The van der Waals surface area contributed by atoms with Gasteiger partial charge in [-0.2, -0.15) is 0 Å². The maximum absolute atomic E-state index is 9.66. The lowest BCUT2D eigenvalue weighted by atomic mass is 10.1. The summed E-state index contributed by atoms with van der Waals surface area (Å²) in [5, 5.41) is 9.66. The monoisotopic (exact) mass is 229 g/mol. The number of para-hydroxylation sites is 1. The highest BCUT2D eigenvalue weighted by molar-refractivity contribution is 5.39. The minimum atomic E-state index is -0.553. The van der Waals surface area contributed by atoms with Crippen molar-refractivity contribution in [2.24, 2.45) is 0 Å². The summed E-state index contributed by atoms with van der Waals surface area (Å²) in [6.45, 7) is 3.61. The molecule has 0 fully saturated rings. The first kappa shape index (κ1) is 11.6. The number of ether oxygens (including phenoxy) is 1. The number of aliphatic hydroxyl groups excluding tert-OH is 1. The lowest BCUT2D eigenvalue weighted by Gasteiger charge is -2.13. The summed E-state index contributed by atoms with van der Waals surface area (Å²) in [5.74, 6) is 1.37. The van der Waals surface area contributed by atoms with Crippen LogP contribution in [0, 0.1) is 6.92 Å². The van der Waals surface area contributed by atoms with Crippen LogP contribution in [-0.4, -0.2) is 10.1 Å². The third-order valence-corrected chi connectivity index (χ3v) is 2.55. The highest BCUT2D eigenvalue weighted by atomic mass is 16.5. The van der Waals surface area contributed by atoms with Crippen molar-refractivity contribution < 1.29 is 9.84 Å². The summed E-state index contributed by atoms with van der Waals surface area (Å²) in [4.78, 5) is 4.16. The topological polar surface area (TPSA) is 42.4 Å². The molecule has 0 aliphatic heterocycles. The van der Waals surface area contributed by atoms with Gasteiger partial charge in [-0.25, -0.2) is 0 Å². The predicted molar refractivity (Wildman–Crippen MR) is 66.1 cm³/mol. The summed E-state index contributed by atoms with van der Waals surface area (Å²) in [7, 11) is 0. The van der Waals surface area contributed by atoms with Crippen LogP contribution in [-0.2, 0) is 0 Å². The Hall–Kier alpha value is -1.87. The van der Waals surface area contributed by atoms with Crippen LogP contribution in [0.2, 0.25) is 0 Å². The maximum Gasteiger partial charge on any atom is 0.148 e. The molecule has 0 bridgehead atoms. The summed E-state index contributed by atoms with van der Waals surface area (Å²) in [6, 6.07) is 11.1. The van der Waals surface area contributed by atoms with Crippen molar-refractivity contribution in [3.63, 3.8) is 0 Å². The zero-order valence-electron chi connectivity index (χ0n) is 9.92. The molecule has 3 heteroatoms. The van der Waals surface area contributed by atoms with E-state index >= 15 is 0 Å². The van der Waals surface area contributed by atoms with Crippen LogP contribution >= 0.6 is 0 Å². The molecule has 1 unspecified atom stereocenters. The minimum Gasteiger partial charge on any atom is -0.455 e. The molecule has 1 N–H and O–H groups in total. The van der Waals surface area contributed by atoms with E-state index in [0.29, 0.717) is 11.5 Å². The summed E-state index contributed by atoms with van der Waals surface area (Å²) in [6.07, 6.45) is 1.17. The highest BCUT2D eigenvalue weighted by Gasteiger charge is 2.10. The van der Waals surface area contributed by atoms with Gasteiger partial charge in [0.05, 0.1) is 11.8 Å². The molecule has 0 saturated heterocycles. The Morgan fingerprint density at radius 2 is 1.82 bits per heavy atom. The number of aliphatic hydroxyl groups is 1. The molecule has 88 valence electrons. The van der Waals surface area contributed by atoms with Gasteiger partial charge in [-0.15, -0.1) is 0 Å². The summed E-state index contributed by atoms with van der Waals surface area (Å²) in [5.41, 5.74) is 1.60. The zero-order valence-corrected chi connectivity index (χ0v) is 9.92. The Labute approximate surface area is 101 Å². The molecule has 0 saturated carbocycles. The first-order chi connectivity index (χ1) is 8.18. The van der Waals surface area contributed by atoms with Crippen molar-refractivity contribution in [1.29, 1.82) is 0 Å². The fourth-order valence-electron chi connectivity index (χ4n) is 1.61. The number of aromatic nitrogens is 1. The maximum atomic E-state index is 9.66. The van der Waals surface area contributed by atoms with Crippen molar-refractivity contribution in [3.8, 4) is 11.5 Å². The number of hydrogen-bond acceptors (Lipinski definition) is 3. The van der Waals surface area contributed by atoms with Gasteiger partial charge in [-0.1, -0.05) is 18.2 Å². The largest absolute Gasteiger partial charge is 0.455 e. The van der Waals surface area contributed by atoms with Gasteiger partial charge in [0.2, 0.25) is 0 Å². The molecule has 1 atom stereocenters. The minimum absolute atomic E-state index is 0.553. The van der Waals surface area contributed by atoms with Gasteiger partial charge in [-0.3, -0.25) is 4.98 Å². The second-order valence-corrected chi connectivity index (χ2v) is 3.90. The first-order valence-electron chi connectivity index (χ1n) is 5.55. The quantitative estimate of drug-likeness (QED) is 0.878. The van der Waals surface area contributed by atoms with Crippen LogP contribution in [0.15, 0.2) is 42.6 Å². The normalized spacial score (nSPS) is 12.2. The number of nitrogens with zero attached hydrogens (tertiary/aromatic N) is 1. The van der Waals surface area contributed by atoms with E-state index < -0.39 is 6.10 Å². The first-order valence-corrected chi connectivity index (χ1v) is 5.55. The van der Waals surface area contributed by atoms with E-state index in [1.54, 1.807) is 13.1 Å². The van der Waals surface area contributed by atoms with Crippen molar-refractivity contribution in [3.05, 3.63) is 53.9 Å². The van der Waals surface area contributed by atoms with E-state index in [0.717, 1.165) is 11.3 Å². The van der Waals surface area contributed by atoms with Gasteiger partial charge in [0, 0.05) is 11.8 Å². The number of pyridine rings is 1. The Morgan fingerprint density at radius 3 is 2.53 bits per heavy atom. The Morgan fingerprint density at radius 1 is 1.12 bits per heavy atom. The number of hydrogen-bond donors (Lipinski definition) is 1. The third kappa shape index (κ3) is 2.63. The molecule has 17 heavy (non-hydrogen) atoms. The standard InChI is InChI=1S/C14H15NO2/c1-10-13(8-5-9-15-10)17-14-7-4-3-6-12(14)11(2)16/h3-9,11,16H,1-2H3. The van der Waals surface area contributed by atoms with Gasteiger partial charge in [0.25, 0.3) is 0 Å². The second-order valence-electron chi connectivity index (χ2n) is 3.90. The molecule has 2 aromatic rings.